The molecule has 1 aliphatic carbocycles. The van der Waals surface area contributed by atoms with Crippen molar-refractivity contribution >= 4 is 24.3 Å². The number of rotatable bonds is 4. The largest absolute Gasteiger partial charge is 0.469 e. The van der Waals surface area contributed by atoms with Crippen LogP contribution in [0.1, 0.15) is 51.4 Å². The molecular weight excluding hydrogens is 304 g/mol. The number of carbonyl (C=O) groups excluding carboxylic acids is 2. The van der Waals surface area contributed by atoms with Crippen LogP contribution in [0.5, 0.6) is 0 Å². The maximum Gasteiger partial charge on any atom is 0.308 e. The summed E-state index contributed by atoms with van der Waals surface area (Å²) in [6.07, 6.45) is 7.81. The Morgan fingerprint density at radius 2 is 1.77 bits per heavy atom. The van der Waals surface area contributed by atoms with E-state index in [1.807, 2.05) is 4.90 Å². The van der Waals surface area contributed by atoms with Crippen molar-refractivity contribution in [1.29, 1.82) is 0 Å². The van der Waals surface area contributed by atoms with Gasteiger partial charge < -0.3 is 15.4 Å². The number of hydrogen-bond acceptors (Lipinski definition) is 4. The number of methoxy groups -OCH3 is 1. The number of likely N-dealkylation sites (tertiary alicyclic amines) is 1. The predicted molar refractivity (Wildman–Crippen MR) is 87.8 cm³/mol. The lowest BCUT2D eigenvalue weighted by Gasteiger charge is -2.38. The van der Waals surface area contributed by atoms with Crippen LogP contribution in [0, 0.1) is 11.3 Å². The van der Waals surface area contributed by atoms with Crippen LogP contribution >= 0.6 is 12.4 Å². The Balaban J connectivity index is 0.00000242. The minimum atomic E-state index is -0.146. The van der Waals surface area contributed by atoms with E-state index in [9.17, 15) is 9.59 Å². The molecule has 0 spiro atoms. The fraction of sp³-hybridized carbons (Fsp3) is 0.875. The number of hydrogen-bond donors (Lipinski definition) is 1. The number of nitrogens with two attached hydrogens (primary N) is 1. The SMILES string of the molecule is COC(=O)C1CCN(C(=O)CC2(CN)CCCCC2)CC1.Cl. The Morgan fingerprint density at radius 3 is 2.27 bits per heavy atom. The first-order valence-corrected chi connectivity index (χ1v) is 8.16. The first-order valence-electron chi connectivity index (χ1n) is 8.16. The minimum Gasteiger partial charge on any atom is -0.469 e. The maximum atomic E-state index is 12.5. The summed E-state index contributed by atoms with van der Waals surface area (Å²) in [5.74, 6) is 0.0238. The number of carbonyl (C=O) groups is 2. The Morgan fingerprint density at radius 1 is 1.18 bits per heavy atom. The van der Waals surface area contributed by atoms with Crippen LogP contribution in [0.15, 0.2) is 0 Å². The molecule has 6 heteroatoms. The predicted octanol–water partition coefficient (Wildman–Crippen LogP) is 2.12. The van der Waals surface area contributed by atoms with Gasteiger partial charge in [0.25, 0.3) is 0 Å². The fourth-order valence-electron chi connectivity index (χ4n) is 3.72. The molecule has 1 heterocycles. The summed E-state index contributed by atoms with van der Waals surface area (Å²) in [5.41, 5.74) is 5.99. The highest BCUT2D eigenvalue weighted by Gasteiger charge is 2.36. The lowest BCUT2D eigenvalue weighted by molar-refractivity contribution is -0.149. The smallest absolute Gasteiger partial charge is 0.308 e. The second-order valence-electron chi connectivity index (χ2n) is 6.62. The average Bonchev–Trinajstić information content (AvgIpc) is 2.55. The summed E-state index contributed by atoms with van der Waals surface area (Å²) >= 11 is 0. The molecular formula is C16H29ClN2O3. The summed E-state index contributed by atoms with van der Waals surface area (Å²) in [7, 11) is 1.42. The zero-order valence-corrected chi connectivity index (χ0v) is 14.3. The Hall–Kier alpha value is -0.810. The Bertz CT molecular complexity index is 376. The van der Waals surface area contributed by atoms with E-state index in [-0.39, 0.29) is 35.6 Å². The van der Waals surface area contributed by atoms with Gasteiger partial charge in [0.2, 0.25) is 5.91 Å². The maximum absolute atomic E-state index is 12.5. The molecule has 0 aromatic carbocycles. The number of esters is 1. The number of halogens is 1. The van der Waals surface area contributed by atoms with Gasteiger partial charge in [-0.3, -0.25) is 9.59 Å². The molecule has 1 amide bonds. The van der Waals surface area contributed by atoms with E-state index in [1.165, 1.54) is 26.4 Å². The van der Waals surface area contributed by atoms with Crippen molar-refractivity contribution in [2.45, 2.75) is 51.4 Å². The van der Waals surface area contributed by atoms with Gasteiger partial charge in [-0.1, -0.05) is 19.3 Å². The van der Waals surface area contributed by atoms with Crippen molar-refractivity contribution < 1.29 is 14.3 Å². The summed E-state index contributed by atoms with van der Waals surface area (Å²) in [6.45, 7) is 1.94. The first-order chi connectivity index (χ1) is 10.1. The minimum absolute atomic E-state index is 0. The molecule has 0 aromatic heterocycles. The molecule has 22 heavy (non-hydrogen) atoms. The van der Waals surface area contributed by atoms with E-state index < -0.39 is 0 Å². The molecule has 128 valence electrons. The molecule has 2 N–H and O–H groups in total. The second-order valence-corrected chi connectivity index (χ2v) is 6.62. The van der Waals surface area contributed by atoms with Gasteiger partial charge in [-0.2, -0.15) is 0 Å². The third kappa shape index (κ3) is 4.59. The standard InChI is InChI=1S/C16H28N2O3.ClH/c1-21-15(20)13-5-9-18(10-6-13)14(19)11-16(12-17)7-3-2-4-8-16;/h13H,2-12,17H2,1H3;1H. The highest BCUT2D eigenvalue weighted by molar-refractivity contribution is 5.85. The molecule has 2 rings (SSSR count). The molecule has 0 atom stereocenters. The van der Waals surface area contributed by atoms with Gasteiger partial charge in [-0.25, -0.2) is 0 Å². The quantitative estimate of drug-likeness (QED) is 0.800. The zero-order valence-electron chi connectivity index (χ0n) is 13.5. The van der Waals surface area contributed by atoms with Gasteiger partial charge in [-0.15, -0.1) is 12.4 Å². The van der Waals surface area contributed by atoms with E-state index in [4.69, 9.17) is 10.5 Å². The molecule has 2 aliphatic rings. The monoisotopic (exact) mass is 332 g/mol. The van der Waals surface area contributed by atoms with Gasteiger partial charge in [-0.05, 0) is 37.6 Å². The Kier molecular flexibility index (Phi) is 7.63. The van der Waals surface area contributed by atoms with Crippen LogP contribution in [0.25, 0.3) is 0 Å². The molecule has 0 aromatic rings. The number of piperidine rings is 1. The fourth-order valence-corrected chi connectivity index (χ4v) is 3.72. The first kappa shape index (κ1) is 19.2. The number of ether oxygens (including phenoxy) is 1. The van der Waals surface area contributed by atoms with Crippen molar-refractivity contribution in [1.82, 2.24) is 4.90 Å². The van der Waals surface area contributed by atoms with Crippen LogP contribution in [0.4, 0.5) is 0 Å². The van der Waals surface area contributed by atoms with E-state index >= 15 is 0 Å². The van der Waals surface area contributed by atoms with Crippen LogP contribution in [-0.4, -0.2) is 43.5 Å². The molecule has 1 aliphatic heterocycles. The molecule has 0 bridgehead atoms. The van der Waals surface area contributed by atoms with Crippen molar-refractivity contribution in [3.05, 3.63) is 0 Å². The number of amides is 1. The molecule has 5 nitrogen and oxygen atoms in total. The van der Waals surface area contributed by atoms with Crippen molar-refractivity contribution in [3.63, 3.8) is 0 Å². The van der Waals surface area contributed by atoms with Crippen molar-refractivity contribution in [2.24, 2.45) is 17.1 Å². The molecule has 0 unspecified atom stereocenters. The van der Waals surface area contributed by atoms with Gasteiger partial charge in [0, 0.05) is 19.5 Å². The highest BCUT2D eigenvalue weighted by atomic mass is 35.5. The summed E-state index contributed by atoms with van der Waals surface area (Å²) in [5, 5.41) is 0. The normalized spacial score (nSPS) is 21.8. The van der Waals surface area contributed by atoms with Crippen molar-refractivity contribution in [2.75, 3.05) is 26.7 Å². The average molecular weight is 333 g/mol. The number of nitrogens with zero attached hydrogens (tertiary/aromatic N) is 1. The summed E-state index contributed by atoms with van der Waals surface area (Å²) in [6, 6.07) is 0. The van der Waals surface area contributed by atoms with Crippen molar-refractivity contribution in [3.8, 4) is 0 Å². The van der Waals surface area contributed by atoms with E-state index in [2.05, 4.69) is 0 Å². The third-order valence-electron chi connectivity index (χ3n) is 5.26. The van der Waals surface area contributed by atoms with Gasteiger partial charge >= 0.3 is 5.97 Å². The Labute approximate surface area is 139 Å². The molecule has 2 fully saturated rings. The van der Waals surface area contributed by atoms with Crippen LogP contribution in [-0.2, 0) is 14.3 Å². The van der Waals surface area contributed by atoms with Crippen LogP contribution in [0.3, 0.4) is 0 Å². The molecule has 1 saturated carbocycles. The highest BCUT2D eigenvalue weighted by Crippen LogP contribution is 2.39. The van der Waals surface area contributed by atoms with E-state index in [0.717, 1.165) is 12.8 Å². The lowest BCUT2D eigenvalue weighted by atomic mass is 9.71. The van der Waals surface area contributed by atoms with Gasteiger partial charge in [0.1, 0.15) is 0 Å². The second kappa shape index (κ2) is 8.73. The molecule has 1 saturated heterocycles. The zero-order chi connectivity index (χ0) is 15.3. The van der Waals surface area contributed by atoms with Gasteiger partial charge in [0.15, 0.2) is 0 Å². The summed E-state index contributed by atoms with van der Waals surface area (Å²) in [4.78, 5) is 26.0. The molecule has 0 radical (unpaired) electrons. The lowest BCUT2D eigenvalue weighted by Crippen LogP contribution is -2.44. The van der Waals surface area contributed by atoms with E-state index in [1.54, 1.807) is 0 Å². The van der Waals surface area contributed by atoms with Crippen LogP contribution in [0.2, 0.25) is 0 Å². The van der Waals surface area contributed by atoms with Gasteiger partial charge in [0.05, 0.1) is 13.0 Å². The van der Waals surface area contributed by atoms with E-state index in [0.29, 0.717) is 38.9 Å². The third-order valence-corrected chi connectivity index (χ3v) is 5.26. The summed E-state index contributed by atoms with van der Waals surface area (Å²) < 4.78 is 4.78. The topological polar surface area (TPSA) is 72.6 Å². The van der Waals surface area contributed by atoms with Crippen LogP contribution < -0.4 is 5.73 Å².